The number of ether oxygens (including phenoxy) is 3. The minimum absolute atomic E-state index is 0.310. The molecule has 0 spiro atoms. The predicted octanol–water partition coefficient (Wildman–Crippen LogP) is 2.82. The fourth-order valence-corrected chi connectivity index (χ4v) is 2.45. The van der Waals surface area contributed by atoms with Gasteiger partial charge in [0.25, 0.3) is 5.91 Å². The van der Waals surface area contributed by atoms with Crippen LogP contribution in [0.3, 0.4) is 0 Å². The molecule has 2 aromatic rings. The average Bonchev–Trinajstić information content (AvgIpc) is 2.65. The summed E-state index contributed by atoms with van der Waals surface area (Å²) in [6.45, 7) is 2.60. The van der Waals surface area contributed by atoms with Crippen molar-refractivity contribution in [3.8, 4) is 11.5 Å². The van der Waals surface area contributed by atoms with Gasteiger partial charge in [-0.15, -0.1) is 0 Å². The van der Waals surface area contributed by atoms with Crippen molar-refractivity contribution >= 4 is 17.6 Å². The first kappa shape index (κ1) is 16.8. The Hall–Kier alpha value is -3.02. The van der Waals surface area contributed by atoms with Gasteiger partial charge in [0.15, 0.2) is 18.1 Å². The number of amides is 1. The first-order chi connectivity index (χ1) is 12.2. The SMILES string of the molecule is CCc1cccc(NC(=O)COC(=O)c2ccc3c(c2)OCCO3)c1. The summed E-state index contributed by atoms with van der Waals surface area (Å²) in [5.74, 6) is 0.117. The number of esters is 1. The molecular formula is C19H19NO5. The molecule has 1 heterocycles. The molecular weight excluding hydrogens is 322 g/mol. The second-order valence-electron chi connectivity index (χ2n) is 5.54. The third kappa shape index (κ3) is 4.29. The number of hydrogen-bond acceptors (Lipinski definition) is 5. The molecule has 0 saturated carbocycles. The molecule has 0 atom stereocenters. The van der Waals surface area contributed by atoms with Gasteiger partial charge in [-0.3, -0.25) is 4.79 Å². The van der Waals surface area contributed by atoms with Crippen LogP contribution in [0.25, 0.3) is 0 Å². The minimum atomic E-state index is -0.588. The van der Waals surface area contributed by atoms with E-state index in [1.807, 2.05) is 25.1 Å². The normalized spacial score (nSPS) is 12.4. The van der Waals surface area contributed by atoms with Crippen LogP contribution in [0.2, 0.25) is 0 Å². The molecule has 0 bridgehead atoms. The molecule has 1 N–H and O–H groups in total. The van der Waals surface area contributed by atoms with E-state index in [1.165, 1.54) is 0 Å². The standard InChI is InChI=1S/C19H19NO5/c1-2-13-4-3-5-15(10-13)20-18(21)12-25-19(22)14-6-7-16-17(11-14)24-9-8-23-16/h3-7,10-11H,2,8-9,12H2,1H3,(H,20,21). The number of carbonyl (C=O) groups is 2. The van der Waals surface area contributed by atoms with Gasteiger partial charge in [-0.25, -0.2) is 4.79 Å². The molecule has 0 saturated heterocycles. The molecule has 1 aliphatic rings. The summed E-state index contributed by atoms with van der Waals surface area (Å²) in [5, 5.41) is 2.71. The number of rotatable bonds is 5. The third-order valence-electron chi connectivity index (χ3n) is 3.73. The van der Waals surface area contributed by atoms with Gasteiger partial charge in [0, 0.05) is 5.69 Å². The quantitative estimate of drug-likeness (QED) is 0.847. The van der Waals surface area contributed by atoms with Gasteiger partial charge in [0.05, 0.1) is 5.56 Å². The Morgan fingerprint density at radius 2 is 1.88 bits per heavy atom. The lowest BCUT2D eigenvalue weighted by atomic mass is 10.1. The van der Waals surface area contributed by atoms with Crippen molar-refractivity contribution in [1.82, 2.24) is 0 Å². The molecule has 1 aliphatic heterocycles. The summed E-state index contributed by atoms with van der Waals surface area (Å²) < 4.78 is 15.9. The Kier molecular flexibility index (Phi) is 5.18. The summed E-state index contributed by atoms with van der Waals surface area (Å²) in [4.78, 5) is 24.0. The number of aryl methyl sites for hydroxylation is 1. The predicted molar refractivity (Wildman–Crippen MR) is 92.2 cm³/mol. The summed E-state index contributed by atoms with van der Waals surface area (Å²) in [7, 11) is 0. The largest absolute Gasteiger partial charge is 0.486 e. The van der Waals surface area contributed by atoms with Gasteiger partial charge < -0.3 is 19.5 Å². The number of nitrogens with one attached hydrogen (secondary N) is 1. The highest BCUT2D eigenvalue weighted by atomic mass is 16.6. The molecule has 3 rings (SSSR count). The van der Waals surface area contributed by atoms with Crippen molar-refractivity contribution in [3.05, 3.63) is 53.6 Å². The summed E-state index contributed by atoms with van der Waals surface area (Å²) in [6, 6.07) is 12.3. The topological polar surface area (TPSA) is 73.9 Å². The number of hydrogen-bond donors (Lipinski definition) is 1. The van der Waals surface area contributed by atoms with Gasteiger partial charge in [-0.1, -0.05) is 19.1 Å². The van der Waals surface area contributed by atoms with Gasteiger partial charge in [0.2, 0.25) is 0 Å². The fraction of sp³-hybridized carbons (Fsp3) is 0.263. The van der Waals surface area contributed by atoms with Crippen LogP contribution in [-0.4, -0.2) is 31.7 Å². The number of carbonyl (C=O) groups excluding carboxylic acids is 2. The van der Waals surface area contributed by atoms with Crippen LogP contribution in [-0.2, 0) is 16.0 Å². The molecule has 0 aromatic heterocycles. The molecule has 1 amide bonds. The van der Waals surface area contributed by atoms with Crippen LogP contribution < -0.4 is 14.8 Å². The molecule has 0 aliphatic carbocycles. The second kappa shape index (κ2) is 7.70. The van der Waals surface area contributed by atoms with Crippen LogP contribution in [0, 0.1) is 0 Å². The number of anilines is 1. The van der Waals surface area contributed by atoms with E-state index in [0.717, 1.165) is 12.0 Å². The zero-order chi connectivity index (χ0) is 17.6. The smallest absolute Gasteiger partial charge is 0.338 e. The van der Waals surface area contributed by atoms with Gasteiger partial charge in [-0.2, -0.15) is 0 Å². The average molecular weight is 341 g/mol. The zero-order valence-electron chi connectivity index (χ0n) is 13.9. The summed E-state index contributed by atoms with van der Waals surface area (Å²) >= 11 is 0. The van der Waals surface area contributed by atoms with Crippen molar-refractivity contribution in [2.75, 3.05) is 25.1 Å². The van der Waals surface area contributed by atoms with Crippen LogP contribution in [0.15, 0.2) is 42.5 Å². The van der Waals surface area contributed by atoms with E-state index in [-0.39, 0.29) is 12.5 Å². The van der Waals surface area contributed by atoms with Crippen molar-refractivity contribution < 1.29 is 23.8 Å². The highest BCUT2D eigenvalue weighted by Crippen LogP contribution is 2.30. The Morgan fingerprint density at radius 1 is 1.08 bits per heavy atom. The second-order valence-corrected chi connectivity index (χ2v) is 5.54. The Morgan fingerprint density at radius 3 is 2.68 bits per heavy atom. The van der Waals surface area contributed by atoms with Crippen LogP contribution in [0.1, 0.15) is 22.8 Å². The van der Waals surface area contributed by atoms with Crippen molar-refractivity contribution in [1.29, 1.82) is 0 Å². The van der Waals surface area contributed by atoms with Crippen LogP contribution >= 0.6 is 0 Å². The lowest BCUT2D eigenvalue weighted by Crippen LogP contribution is -2.21. The van der Waals surface area contributed by atoms with E-state index in [2.05, 4.69) is 5.32 Å². The van der Waals surface area contributed by atoms with Crippen LogP contribution in [0.5, 0.6) is 11.5 Å². The maximum absolute atomic E-state index is 12.1. The summed E-state index contributed by atoms with van der Waals surface area (Å²) in [5.41, 5.74) is 2.11. The number of benzene rings is 2. The van der Waals surface area contributed by atoms with E-state index in [4.69, 9.17) is 14.2 Å². The highest BCUT2D eigenvalue weighted by Gasteiger charge is 2.16. The molecule has 2 aromatic carbocycles. The number of fused-ring (bicyclic) bond motifs is 1. The monoisotopic (exact) mass is 341 g/mol. The van der Waals surface area contributed by atoms with Gasteiger partial charge in [0.1, 0.15) is 13.2 Å². The third-order valence-corrected chi connectivity index (χ3v) is 3.73. The molecule has 6 heteroatoms. The Balaban J connectivity index is 1.55. The maximum Gasteiger partial charge on any atom is 0.338 e. The van der Waals surface area contributed by atoms with Crippen molar-refractivity contribution in [2.24, 2.45) is 0 Å². The van der Waals surface area contributed by atoms with E-state index < -0.39 is 5.97 Å². The lowest BCUT2D eigenvalue weighted by Gasteiger charge is -2.18. The Labute approximate surface area is 145 Å². The fourth-order valence-electron chi connectivity index (χ4n) is 2.45. The van der Waals surface area contributed by atoms with Crippen molar-refractivity contribution in [2.45, 2.75) is 13.3 Å². The minimum Gasteiger partial charge on any atom is -0.486 e. The lowest BCUT2D eigenvalue weighted by molar-refractivity contribution is -0.119. The summed E-state index contributed by atoms with van der Waals surface area (Å²) in [6.07, 6.45) is 0.878. The molecule has 0 fully saturated rings. The molecule has 25 heavy (non-hydrogen) atoms. The van der Waals surface area contributed by atoms with Crippen LogP contribution in [0.4, 0.5) is 5.69 Å². The highest BCUT2D eigenvalue weighted by molar-refractivity contribution is 5.95. The van der Waals surface area contributed by atoms with Gasteiger partial charge >= 0.3 is 5.97 Å². The van der Waals surface area contributed by atoms with E-state index in [1.54, 1.807) is 24.3 Å². The van der Waals surface area contributed by atoms with Crippen molar-refractivity contribution in [3.63, 3.8) is 0 Å². The van der Waals surface area contributed by atoms with E-state index >= 15 is 0 Å². The Bertz CT molecular complexity index is 787. The maximum atomic E-state index is 12.1. The zero-order valence-corrected chi connectivity index (χ0v) is 13.9. The van der Waals surface area contributed by atoms with E-state index in [9.17, 15) is 9.59 Å². The molecule has 130 valence electrons. The first-order valence-corrected chi connectivity index (χ1v) is 8.11. The molecule has 6 nitrogen and oxygen atoms in total. The molecule has 0 unspecified atom stereocenters. The van der Waals surface area contributed by atoms with Gasteiger partial charge in [-0.05, 0) is 42.3 Å². The van der Waals surface area contributed by atoms with E-state index in [0.29, 0.717) is 36.0 Å². The molecule has 0 radical (unpaired) electrons. The first-order valence-electron chi connectivity index (χ1n) is 8.11.